The Morgan fingerprint density at radius 2 is 1.88 bits per heavy atom. The Hall–Kier alpha value is -2.44. The summed E-state index contributed by atoms with van der Waals surface area (Å²) in [6.07, 6.45) is 2.93. The molecule has 0 aliphatic carbocycles. The quantitative estimate of drug-likeness (QED) is 0.687. The second kappa shape index (κ2) is 7.43. The average molecular weight is 352 g/mol. The molecule has 0 radical (unpaired) electrons. The summed E-state index contributed by atoms with van der Waals surface area (Å²) in [5.74, 6) is 1.24. The van der Waals surface area contributed by atoms with E-state index < -0.39 is 0 Å². The second-order valence-electron chi connectivity index (χ2n) is 6.60. The van der Waals surface area contributed by atoms with E-state index in [4.69, 9.17) is 15.2 Å². The van der Waals surface area contributed by atoms with Crippen molar-refractivity contribution in [1.29, 1.82) is 0 Å². The minimum atomic E-state index is -0.0407. The first kappa shape index (κ1) is 17.0. The Balaban J connectivity index is 1.62. The van der Waals surface area contributed by atoms with Crippen LogP contribution in [0, 0.1) is 6.92 Å². The number of nitrogen functional groups attached to an aromatic ring is 1. The molecule has 1 aliphatic heterocycles. The summed E-state index contributed by atoms with van der Waals surface area (Å²) < 4.78 is 13.3. The number of nitrogens with zero attached hydrogens (tertiary/aromatic N) is 3. The molecular weight excluding hydrogens is 328 g/mol. The molecule has 0 saturated carbocycles. The predicted molar refractivity (Wildman–Crippen MR) is 102 cm³/mol. The van der Waals surface area contributed by atoms with Crippen LogP contribution in [0.3, 0.4) is 0 Å². The molecule has 26 heavy (non-hydrogen) atoms. The van der Waals surface area contributed by atoms with Crippen molar-refractivity contribution in [3.05, 3.63) is 42.2 Å². The number of hydrogen-bond acceptors (Lipinski definition) is 5. The van der Waals surface area contributed by atoms with Gasteiger partial charge in [-0.15, -0.1) is 0 Å². The van der Waals surface area contributed by atoms with Gasteiger partial charge in [-0.05, 0) is 37.8 Å². The van der Waals surface area contributed by atoms with Gasteiger partial charge in [0, 0.05) is 6.54 Å². The summed E-state index contributed by atoms with van der Waals surface area (Å²) in [4.78, 5) is 8.95. The van der Waals surface area contributed by atoms with E-state index in [1.807, 2.05) is 25.1 Å². The van der Waals surface area contributed by atoms with Gasteiger partial charge in [-0.25, -0.2) is 9.97 Å². The van der Waals surface area contributed by atoms with Gasteiger partial charge in [-0.2, -0.15) is 0 Å². The standard InChI is InChI=1S/C20H24N4O2/c1-14-22-16-13-17(15-7-3-2-4-8-15)24(19(16)20(21)23-14)10-6-5-9-18-25-11-12-26-18/h2-4,7-8,13,18H,5-6,9-12H2,1H3,(H2,21,22,23). The number of anilines is 1. The van der Waals surface area contributed by atoms with Crippen LogP contribution in [0.1, 0.15) is 25.1 Å². The van der Waals surface area contributed by atoms with Crippen molar-refractivity contribution in [2.45, 2.75) is 39.0 Å². The van der Waals surface area contributed by atoms with Crippen molar-refractivity contribution in [3.63, 3.8) is 0 Å². The third-order valence-corrected chi connectivity index (χ3v) is 4.72. The Morgan fingerprint density at radius 3 is 2.65 bits per heavy atom. The minimum Gasteiger partial charge on any atom is -0.382 e. The molecule has 6 nitrogen and oxygen atoms in total. The van der Waals surface area contributed by atoms with Crippen molar-refractivity contribution in [2.75, 3.05) is 18.9 Å². The van der Waals surface area contributed by atoms with E-state index >= 15 is 0 Å². The van der Waals surface area contributed by atoms with Gasteiger partial charge < -0.3 is 19.8 Å². The molecule has 0 bridgehead atoms. The zero-order valence-corrected chi connectivity index (χ0v) is 15.0. The zero-order chi connectivity index (χ0) is 17.9. The molecule has 3 aromatic rings. The van der Waals surface area contributed by atoms with Gasteiger partial charge in [0.15, 0.2) is 12.1 Å². The highest BCUT2D eigenvalue weighted by Crippen LogP contribution is 2.30. The maximum atomic E-state index is 6.24. The van der Waals surface area contributed by atoms with Crippen LogP contribution in [0.4, 0.5) is 5.82 Å². The number of rotatable bonds is 6. The van der Waals surface area contributed by atoms with E-state index in [1.165, 1.54) is 0 Å². The topological polar surface area (TPSA) is 75.2 Å². The first-order valence-electron chi connectivity index (χ1n) is 9.14. The summed E-state index contributed by atoms with van der Waals surface area (Å²) in [6, 6.07) is 12.5. The summed E-state index contributed by atoms with van der Waals surface area (Å²) in [6.45, 7) is 4.14. The smallest absolute Gasteiger partial charge is 0.157 e. The number of aromatic nitrogens is 3. The molecule has 0 amide bonds. The first-order chi connectivity index (χ1) is 12.7. The average Bonchev–Trinajstić information content (AvgIpc) is 3.27. The van der Waals surface area contributed by atoms with E-state index in [0.717, 1.165) is 48.1 Å². The maximum absolute atomic E-state index is 6.24. The summed E-state index contributed by atoms with van der Waals surface area (Å²) in [7, 11) is 0. The number of benzene rings is 1. The molecule has 1 saturated heterocycles. The van der Waals surface area contributed by atoms with Gasteiger partial charge in [-0.3, -0.25) is 0 Å². The molecule has 0 spiro atoms. The molecular formula is C20H24N4O2. The third-order valence-electron chi connectivity index (χ3n) is 4.72. The second-order valence-corrected chi connectivity index (χ2v) is 6.60. The highest BCUT2D eigenvalue weighted by atomic mass is 16.7. The van der Waals surface area contributed by atoms with Crippen LogP contribution < -0.4 is 5.73 Å². The lowest BCUT2D eigenvalue weighted by Gasteiger charge is -2.13. The minimum absolute atomic E-state index is 0.0407. The van der Waals surface area contributed by atoms with Crippen LogP contribution in [0.25, 0.3) is 22.3 Å². The molecule has 4 rings (SSSR count). The Bertz CT molecular complexity index is 886. The maximum Gasteiger partial charge on any atom is 0.157 e. The molecule has 0 atom stereocenters. The predicted octanol–water partition coefficient (Wildman–Crippen LogP) is 3.53. The van der Waals surface area contributed by atoms with E-state index in [0.29, 0.717) is 24.9 Å². The number of hydrogen-bond donors (Lipinski definition) is 1. The lowest BCUT2D eigenvalue weighted by Crippen LogP contribution is -2.08. The van der Waals surface area contributed by atoms with Crippen molar-refractivity contribution in [1.82, 2.24) is 14.5 Å². The molecule has 0 unspecified atom stereocenters. The fourth-order valence-corrected chi connectivity index (χ4v) is 3.55. The van der Waals surface area contributed by atoms with E-state index in [2.05, 4.69) is 32.7 Å². The van der Waals surface area contributed by atoms with Gasteiger partial charge in [0.2, 0.25) is 0 Å². The lowest BCUT2D eigenvalue weighted by molar-refractivity contribution is -0.0480. The number of ether oxygens (including phenoxy) is 2. The van der Waals surface area contributed by atoms with Gasteiger partial charge in [0.1, 0.15) is 11.3 Å². The molecule has 1 aliphatic rings. The number of unbranched alkanes of at least 4 members (excludes halogenated alkanes) is 1. The number of fused-ring (bicyclic) bond motifs is 1. The van der Waals surface area contributed by atoms with Gasteiger partial charge in [0.25, 0.3) is 0 Å². The highest BCUT2D eigenvalue weighted by Gasteiger charge is 2.17. The summed E-state index contributed by atoms with van der Waals surface area (Å²) in [5.41, 5.74) is 10.3. The van der Waals surface area contributed by atoms with Gasteiger partial charge in [0.05, 0.1) is 24.4 Å². The molecule has 3 heterocycles. The molecule has 2 aromatic heterocycles. The van der Waals surface area contributed by atoms with Crippen molar-refractivity contribution >= 4 is 16.9 Å². The Labute approximate surface area is 153 Å². The Kier molecular flexibility index (Phi) is 4.86. The molecule has 1 aromatic carbocycles. The molecule has 1 fully saturated rings. The van der Waals surface area contributed by atoms with Crippen LogP contribution in [0.15, 0.2) is 36.4 Å². The van der Waals surface area contributed by atoms with Gasteiger partial charge in [-0.1, -0.05) is 30.3 Å². The molecule has 6 heteroatoms. The Morgan fingerprint density at radius 1 is 1.12 bits per heavy atom. The monoisotopic (exact) mass is 352 g/mol. The highest BCUT2D eigenvalue weighted by molar-refractivity contribution is 5.90. The van der Waals surface area contributed by atoms with Crippen LogP contribution >= 0.6 is 0 Å². The summed E-state index contributed by atoms with van der Waals surface area (Å²) >= 11 is 0. The third kappa shape index (κ3) is 3.43. The van der Waals surface area contributed by atoms with E-state index in [9.17, 15) is 0 Å². The normalized spacial score (nSPS) is 15.1. The van der Waals surface area contributed by atoms with Crippen molar-refractivity contribution in [3.8, 4) is 11.3 Å². The van der Waals surface area contributed by atoms with Crippen LogP contribution in [0.5, 0.6) is 0 Å². The first-order valence-corrected chi connectivity index (χ1v) is 9.14. The van der Waals surface area contributed by atoms with Crippen LogP contribution in [-0.2, 0) is 16.0 Å². The largest absolute Gasteiger partial charge is 0.382 e. The van der Waals surface area contributed by atoms with E-state index in [-0.39, 0.29) is 6.29 Å². The van der Waals surface area contributed by atoms with Crippen molar-refractivity contribution in [2.24, 2.45) is 0 Å². The lowest BCUT2D eigenvalue weighted by atomic mass is 10.1. The van der Waals surface area contributed by atoms with Crippen LogP contribution in [0.2, 0.25) is 0 Å². The summed E-state index contributed by atoms with van der Waals surface area (Å²) in [5, 5.41) is 0. The van der Waals surface area contributed by atoms with Crippen molar-refractivity contribution < 1.29 is 9.47 Å². The number of aryl methyl sites for hydroxylation is 2. The fraction of sp³-hybridized carbons (Fsp3) is 0.400. The van der Waals surface area contributed by atoms with Gasteiger partial charge >= 0.3 is 0 Å². The zero-order valence-electron chi connectivity index (χ0n) is 15.0. The SMILES string of the molecule is Cc1nc(N)c2c(cc(-c3ccccc3)n2CCCCC2OCCO2)n1. The molecule has 2 N–H and O–H groups in total. The number of nitrogens with two attached hydrogens (primary N) is 1. The van der Waals surface area contributed by atoms with E-state index in [1.54, 1.807) is 0 Å². The molecule has 136 valence electrons. The van der Waals surface area contributed by atoms with Crippen LogP contribution in [-0.4, -0.2) is 34.0 Å². The fourth-order valence-electron chi connectivity index (χ4n) is 3.55.